The van der Waals surface area contributed by atoms with Crippen LogP contribution < -0.4 is 4.72 Å². The first kappa shape index (κ1) is 17.9. The molecule has 0 bridgehead atoms. The van der Waals surface area contributed by atoms with Crippen molar-refractivity contribution in [3.05, 3.63) is 65.2 Å². The molecule has 0 aliphatic heterocycles. The highest BCUT2D eigenvalue weighted by Crippen LogP contribution is 2.30. The van der Waals surface area contributed by atoms with Crippen molar-refractivity contribution in [3.8, 4) is 17.2 Å². The van der Waals surface area contributed by atoms with Gasteiger partial charge in [0.25, 0.3) is 0 Å². The maximum Gasteiger partial charge on any atom is 0.357 e. The summed E-state index contributed by atoms with van der Waals surface area (Å²) in [6.07, 6.45) is 2.97. The fourth-order valence-electron chi connectivity index (χ4n) is 2.42. The minimum absolute atomic E-state index is 0.0643. The van der Waals surface area contributed by atoms with Crippen LogP contribution in [0, 0.1) is 11.3 Å². The fraction of sp³-hybridized carbons (Fsp3) is 0.0625. The predicted molar refractivity (Wildman–Crippen MR) is 95.9 cm³/mol. The second-order valence-corrected chi connectivity index (χ2v) is 6.91. The number of hydrogen-bond donors (Lipinski definition) is 2. The summed E-state index contributed by atoms with van der Waals surface area (Å²) in [5.41, 5.74) is 2.85. The van der Waals surface area contributed by atoms with Crippen molar-refractivity contribution in [2.24, 2.45) is 0 Å². The van der Waals surface area contributed by atoms with Crippen LogP contribution in [0.4, 0.5) is 5.69 Å². The molecule has 0 atom stereocenters. The van der Waals surface area contributed by atoms with E-state index in [0.29, 0.717) is 12.1 Å². The molecular formula is C16H12ClN5O3S. The Bertz CT molecular complexity index is 1090. The summed E-state index contributed by atoms with van der Waals surface area (Å²) >= 11 is 6.09. The van der Waals surface area contributed by atoms with Crippen LogP contribution >= 0.6 is 11.6 Å². The Hall–Kier alpha value is -2.93. The van der Waals surface area contributed by atoms with Gasteiger partial charge in [-0.15, -0.1) is 0 Å². The Morgan fingerprint density at radius 3 is 2.58 bits per heavy atom. The molecular weight excluding hydrogens is 378 g/mol. The van der Waals surface area contributed by atoms with Gasteiger partial charge in [0.05, 0.1) is 28.9 Å². The SMILES string of the molecule is N#Cc1ccc(-c2ccc(NS(=O)(=O)O)c(Cl)c2)cc1Cn1cncn1. The van der Waals surface area contributed by atoms with Crippen molar-refractivity contribution in [3.63, 3.8) is 0 Å². The summed E-state index contributed by atoms with van der Waals surface area (Å²) in [6.45, 7) is 0.382. The Balaban J connectivity index is 1.96. The molecule has 26 heavy (non-hydrogen) atoms. The highest BCUT2D eigenvalue weighted by atomic mass is 35.5. The number of aromatic nitrogens is 3. The number of nitrogens with one attached hydrogen (secondary N) is 1. The van der Waals surface area contributed by atoms with E-state index in [-0.39, 0.29) is 10.7 Å². The van der Waals surface area contributed by atoms with E-state index in [9.17, 15) is 13.7 Å². The maximum atomic E-state index is 10.9. The molecule has 8 nitrogen and oxygen atoms in total. The standard InChI is InChI=1S/C16H12ClN5O3S/c17-15-6-12(3-4-16(15)21-26(23,24)25)11-1-2-13(7-18)14(5-11)8-22-10-19-9-20-22/h1-6,9-10,21H,8H2,(H,23,24,25). The van der Waals surface area contributed by atoms with Crippen LogP contribution in [0.3, 0.4) is 0 Å². The lowest BCUT2D eigenvalue weighted by Crippen LogP contribution is -2.10. The van der Waals surface area contributed by atoms with Crippen molar-refractivity contribution >= 4 is 27.6 Å². The van der Waals surface area contributed by atoms with Gasteiger partial charge >= 0.3 is 10.3 Å². The normalized spacial score (nSPS) is 11.1. The van der Waals surface area contributed by atoms with Crippen molar-refractivity contribution in [1.29, 1.82) is 5.26 Å². The lowest BCUT2D eigenvalue weighted by atomic mass is 9.99. The first-order chi connectivity index (χ1) is 12.4. The average molecular weight is 390 g/mol. The Labute approximate surface area is 154 Å². The predicted octanol–water partition coefficient (Wildman–Crippen LogP) is 2.73. The number of hydrogen-bond acceptors (Lipinski definition) is 5. The molecule has 10 heteroatoms. The van der Waals surface area contributed by atoms with Crippen molar-refractivity contribution < 1.29 is 13.0 Å². The molecule has 3 rings (SSSR count). The highest BCUT2D eigenvalue weighted by Gasteiger charge is 2.11. The topological polar surface area (TPSA) is 121 Å². The summed E-state index contributed by atoms with van der Waals surface area (Å²) in [6, 6.07) is 12.1. The van der Waals surface area contributed by atoms with Gasteiger partial charge in [-0.2, -0.15) is 18.8 Å². The summed E-state index contributed by atoms with van der Waals surface area (Å²) in [4.78, 5) is 3.88. The third kappa shape index (κ3) is 4.18. The molecule has 0 aliphatic rings. The van der Waals surface area contributed by atoms with Crippen LogP contribution in [0.25, 0.3) is 11.1 Å². The van der Waals surface area contributed by atoms with Gasteiger partial charge in [0.1, 0.15) is 12.7 Å². The molecule has 0 amide bonds. The van der Waals surface area contributed by atoms with E-state index in [1.54, 1.807) is 35.3 Å². The minimum Gasteiger partial charge on any atom is -0.269 e. The van der Waals surface area contributed by atoms with Crippen molar-refractivity contribution in [2.45, 2.75) is 6.54 Å². The van der Waals surface area contributed by atoms with Crippen LogP contribution in [0.1, 0.15) is 11.1 Å². The van der Waals surface area contributed by atoms with E-state index >= 15 is 0 Å². The number of nitriles is 1. The Kier molecular flexibility index (Phi) is 4.90. The summed E-state index contributed by atoms with van der Waals surface area (Å²) in [7, 11) is -4.41. The Morgan fingerprint density at radius 1 is 1.23 bits per heavy atom. The first-order valence-electron chi connectivity index (χ1n) is 7.26. The number of nitrogens with zero attached hydrogens (tertiary/aromatic N) is 4. The van der Waals surface area contributed by atoms with E-state index in [4.69, 9.17) is 16.2 Å². The number of benzene rings is 2. The molecule has 2 aromatic carbocycles. The van der Waals surface area contributed by atoms with Crippen LogP contribution in [0.2, 0.25) is 5.02 Å². The quantitative estimate of drug-likeness (QED) is 0.647. The molecule has 1 heterocycles. The third-order valence-corrected chi connectivity index (χ3v) is 4.36. The molecule has 1 aromatic heterocycles. The van der Waals surface area contributed by atoms with Crippen LogP contribution in [0.15, 0.2) is 49.1 Å². The molecule has 2 N–H and O–H groups in total. The fourth-order valence-corrected chi connectivity index (χ4v) is 3.16. The molecule has 0 spiro atoms. The number of rotatable bonds is 5. The maximum absolute atomic E-state index is 10.9. The smallest absolute Gasteiger partial charge is 0.269 e. The van der Waals surface area contributed by atoms with Crippen molar-refractivity contribution in [2.75, 3.05) is 4.72 Å². The molecule has 0 radical (unpaired) electrons. The monoisotopic (exact) mass is 389 g/mol. The largest absolute Gasteiger partial charge is 0.357 e. The first-order valence-corrected chi connectivity index (χ1v) is 9.08. The summed E-state index contributed by atoms with van der Waals surface area (Å²) in [5, 5.41) is 13.5. The van der Waals surface area contributed by atoms with Gasteiger partial charge in [0.2, 0.25) is 0 Å². The van der Waals surface area contributed by atoms with E-state index in [2.05, 4.69) is 16.2 Å². The van der Waals surface area contributed by atoms with E-state index in [1.807, 2.05) is 10.8 Å². The molecule has 0 aliphatic carbocycles. The van der Waals surface area contributed by atoms with Gasteiger partial charge in [-0.05, 0) is 41.0 Å². The van der Waals surface area contributed by atoms with Gasteiger partial charge in [0.15, 0.2) is 0 Å². The lowest BCUT2D eigenvalue weighted by Gasteiger charge is -2.10. The molecule has 0 saturated carbocycles. The van der Waals surface area contributed by atoms with Gasteiger partial charge in [0, 0.05) is 0 Å². The van der Waals surface area contributed by atoms with E-state index in [1.165, 1.54) is 12.4 Å². The van der Waals surface area contributed by atoms with Gasteiger partial charge in [-0.25, -0.2) is 9.67 Å². The van der Waals surface area contributed by atoms with Gasteiger partial charge < -0.3 is 0 Å². The zero-order valence-corrected chi connectivity index (χ0v) is 14.7. The van der Waals surface area contributed by atoms with Crippen LogP contribution in [-0.4, -0.2) is 27.7 Å². The summed E-state index contributed by atoms with van der Waals surface area (Å²) in [5.74, 6) is 0. The van der Waals surface area contributed by atoms with Crippen LogP contribution in [-0.2, 0) is 16.8 Å². The van der Waals surface area contributed by atoms with Crippen LogP contribution in [0.5, 0.6) is 0 Å². The molecule has 0 fully saturated rings. The van der Waals surface area contributed by atoms with Crippen molar-refractivity contribution in [1.82, 2.24) is 14.8 Å². The Morgan fingerprint density at radius 2 is 1.96 bits per heavy atom. The minimum atomic E-state index is -4.41. The number of anilines is 1. The third-order valence-electron chi connectivity index (χ3n) is 3.57. The number of halogens is 1. The van der Waals surface area contributed by atoms with Gasteiger partial charge in [-0.1, -0.05) is 23.7 Å². The van der Waals surface area contributed by atoms with E-state index in [0.717, 1.165) is 16.7 Å². The lowest BCUT2D eigenvalue weighted by molar-refractivity contribution is 0.489. The van der Waals surface area contributed by atoms with E-state index < -0.39 is 10.3 Å². The second kappa shape index (κ2) is 7.13. The molecule has 132 valence electrons. The molecule has 0 saturated heterocycles. The second-order valence-electron chi connectivity index (χ2n) is 5.35. The summed E-state index contributed by atoms with van der Waals surface area (Å²) < 4.78 is 34.2. The average Bonchev–Trinajstić information content (AvgIpc) is 3.08. The highest BCUT2D eigenvalue weighted by molar-refractivity contribution is 7.87. The molecule has 3 aromatic rings. The molecule has 0 unspecified atom stereocenters. The zero-order valence-electron chi connectivity index (χ0n) is 13.2. The zero-order chi connectivity index (χ0) is 18.7. The van der Waals surface area contributed by atoms with Gasteiger partial charge in [-0.3, -0.25) is 9.27 Å².